The molecule has 1 N–H and O–H groups in total. The lowest BCUT2D eigenvalue weighted by atomic mass is 9.85. The molecular weight excluding hydrogens is 398 g/mol. The van der Waals surface area contributed by atoms with E-state index in [4.69, 9.17) is 11.6 Å². The van der Waals surface area contributed by atoms with Crippen molar-refractivity contribution < 1.29 is 0 Å². The van der Waals surface area contributed by atoms with Gasteiger partial charge in [-0.1, -0.05) is 38.4 Å². The van der Waals surface area contributed by atoms with Crippen molar-refractivity contribution in [2.75, 3.05) is 0 Å². The van der Waals surface area contributed by atoms with Crippen molar-refractivity contribution in [2.45, 2.75) is 40.0 Å². The van der Waals surface area contributed by atoms with Crippen molar-refractivity contribution in [3.8, 4) is 22.8 Å². The number of aromatic amines is 1. The average molecular weight is 422 g/mol. The number of hydrogen-bond acceptors (Lipinski definition) is 4. The summed E-state index contributed by atoms with van der Waals surface area (Å²) >= 11 is 6.60. The Balaban J connectivity index is 1.93. The molecule has 7 heteroatoms. The monoisotopic (exact) mass is 421 g/mol. The maximum atomic E-state index is 13.2. The van der Waals surface area contributed by atoms with Gasteiger partial charge < -0.3 is 9.55 Å². The van der Waals surface area contributed by atoms with E-state index in [9.17, 15) is 4.79 Å². The molecule has 0 amide bonds. The second kappa shape index (κ2) is 7.06. The third-order valence-corrected chi connectivity index (χ3v) is 5.77. The van der Waals surface area contributed by atoms with Crippen molar-refractivity contribution in [3.05, 3.63) is 62.7 Å². The van der Waals surface area contributed by atoms with Gasteiger partial charge in [0.05, 0.1) is 16.6 Å². The highest BCUT2D eigenvalue weighted by Gasteiger charge is 2.21. The van der Waals surface area contributed by atoms with E-state index in [2.05, 4.69) is 47.0 Å². The van der Waals surface area contributed by atoms with Crippen LogP contribution >= 0.6 is 11.6 Å². The summed E-state index contributed by atoms with van der Waals surface area (Å²) in [5.41, 5.74) is 4.78. The summed E-state index contributed by atoms with van der Waals surface area (Å²) in [7, 11) is 1.86. The van der Waals surface area contributed by atoms with Crippen molar-refractivity contribution in [1.29, 1.82) is 0 Å². The zero-order chi connectivity index (χ0) is 21.8. The van der Waals surface area contributed by atoms with E-state index in [1.807, 2.05) is 31.5 Å². The molecular formula is C23H24ClN5O. The van der Waals surface area contributed by atoms with E-state index in [0.717, 1.165) is 28.2 Å². The highest BCUT2D eigenvalue weighted by atomic mass is 35.5. The summed E-state index contributed by atoms with van der Waals surface area (Å²) in [5.74, 6) is 1.31. The maximum absolute atomic E-state index is 13.2. The number of aryl methyl sites for hydroxylation is 2. The number of fused-ring (bicyclic) bond motifs is 1. The zero-order valence-electron chi connectivity index (χ0n) is 18.0. The van der Waals surface area contributed by atoms with Crippen LogP contribution in [0.3, 0.4) is 0 Å². The van der Waals surface area contributed by atoms with Gasteiger partial charge in [0.25, 0.3) is 0 Å². The number of aromatic nitrogens is 5. The van der Waals surface area contributed by atoms with Crippen LogP contribution in [0.4, 0.5) is 0 Å². The molecule has 0 aliphatic heterocycles. The normalized spacial score (nSPS) is 12.0. The minimum absolute atomic E-state index is 0.0635. The quantitative estimate of drug-likeness (QED) is 0.496. The van der Waals surface area contributed by atoms with E-state index >= 15 is 0 Å². The largest absolute Gasteiger partial charge is 0.354 e. The summed E-state index contributed by atoms with van der Waals surface area (Å²) in [6, 6.07) is 7.43. The summed E-state index contributed by atoms with van der Waals surface area (Å²) < 4.78 is 1.82. The third kappa shape index (κ3) is 3.31. The van der Waals surface area contributed by atoms with Crippen LogP contribution < -0.4 is 5.43 Å². The first-order chi connectivity index (χ1) is 14.1. The topological polar surface area (TPSA) is 76.5 Å². The molecule has 0 unspecified atom stereocenters. The van der Waals surface area contributed by atoms with Crippen LogP contribution in [0.15, 0.2) is 35.3 Å². The lowest BCUT2D eigenvalue weighted by Crippen LogP contribution is -2.13. The van der Waals surface area contributed by atoms with Gasteiger partial charge in [0.1, 0.15) is 11.5 Å². The summed E-state index contributed by atoms with van der Waals surface area (Å²) in [5, 5.41) is 9.47. The first kappa shape index (κ1) is 20.3. The molecule has 3 heterocycles. The molecule has 0 aliphatic carbocycles. The highest BCUT2D eigenvalue weighted by molar-refractivity contribution is 6.31. The molecule has 0 radical (unpaired) electrons. The Morgan fingerprint density at radius 3 is 2.47 bits per heavy atom. The standard InChI is InChI=1S/C23H24ClN5O/c1-12-9-15(23(3,4)5)16(24)10-14(12)18-11-19(30)20-17(26-18)7-8-25-21(20)22-28-27-13(2)29(22)6/h7-11H,1-6H3,(H,26,30). The molecule has 0 fully saturated rings. The van der Waals surface area contributed by atoms with E-state index in [1.54, 1.807) is 18.3 Å². The number of benzene rings is 1. The van der Waals surface area contributed by atoms with Gasteiger partial charge in [-0.25, -0.2) is 0 Å². The van der Waals surface area contributed by atoms with Gasteiger partial charge in [-0.3, -0.25) is 9.78 Å². The SMILES string of the molecule is Cc1cc(C(C)(C)C)c(Cl)cc1-c1cc(=O)c2c(-c3nnc(C)n3C)nccc2[nH]1. The maximum Gasteiger partial charge on any atom is 0.192 e. The molecule has 30 heavy (non-hydrogen) atoms. The van der Waals surface area contributed by atoms with Crippen LogP contribution in [-0.2, 0) is 12.5 Å². The Hall–Kier alpha value is -2.99. The molecule has 3 aromatic heterocycles. The van der Waals surface area contributed by atoms with Crippen molar-refractivity contribution in [1.82, 2.24) is 24.7 Å². The minimum atomic E-state index is -0.127. The predicted octanol–water partition coefficient (Wildman–Crippen LogP) is 4.95. The number of hydrogen-bond donors (Lipinski definition) is 1. The molecule has 1 aromatic carbocycles. The molecule has 0 saturated carbocycles. The molecule has 6 nitrogen and oxygen atoms in total. The molecule has 4 aromatic rings. The molecule has 0 aliphatic rings. The van der Waals surface area contributed by atoms with Crippen LogP contribution in [0, 0.1) is 13.8 Å². The first-order valence-corrected chi connectivity index (χ1v) is 10.1. The third-order valence-electron chi connectivity index (χ3n) is 5.46. The number of halogens is 1. The van der Waals surface area contributed by atoms with Crippen molar-refractivity contribution in [2.24, 2.45) is 7.05 Å². The fourth-order valence-corrected chi connectivity index (χ4v) is 4.12. The van der Waals surface area contributed by atoms with Gasteiger partial charge in [-0.05, 0) is 42.5 Å². The van der Waals surface area contributed by atoms with E-state index in [0.29, 0.717) is 27.4 Å². The molecule has 154 valence electrons. The van der Waals surface area contributed by atoms with Gasteiger partial charge in [0.2, 0.25) is 0 Å². The summed E-state index contributed by atoms with van der Waals surface area (Å²) in [6.45, 7) is 10.3. The Labute approximate surface area is 180 Å². The number of pyridine rings is 2. The summed E-state index contributed by atoms with van der Waals surface area (Å²) in [4.78, 5) is 21.0. The Morgan fingerprint density at radius 2 is 1.83 bits per heavy atom. The van der Waals surface area contributed by atoms with Gasteiger partial charge >= 0.3 is 0 Å². The van der Waals surface area contributed by atoms with Crippen LogP contribution in [0.2, 0.25) is 5.02 Å². The smallest absolute Gasteiger partial charge is 0.192 e. The van der Waals surface area contributed by atoms with E-state index in [1.165, 1.54) is 0 Å². The number of H-pyrrole nitrogens is 1. The Kier molecular flexibility index (Phi) is 4.77. The van der Waals surface area contributed by atoms with Crippen LogP contribution in [-0.4, -0.2) is 24.7 Å². The zero-order valence-corrected chi connectivity index (χ0v) is 18.7. The molecule has 0 atom stereocenters. The van der Waals surface area contributed by atoms with Gasteiger partial charge in [0.15, 0.2) is 11.3 Å². The Morgan fingerprint density at radius 1 is 1.10 bits per heavy atom. The predicted molar refractivity (Wildman–Crippen MR) is 121 cm³/mol. The second-order valence-electron chi connectivity index (χ2n) is 8.66. The molecule has 0 saturated heterocycles. The molecule has 0 bridgehead atoms. The highest BCUT2D eigenvalue weighted by Crippen LogP contribution is 2.35. The van der Waals surface area contributed by atoms with Gasteiger partial charge in [-0.2, -0.15) is 0 Å². The van der Waals surface area contributed by atoms with E-state index in [-0.39, 0.29) is 10.8 Å². The lowest BCUT2D eigenvalue weighted by molar-refractivity contribution is 0.590. The minimum Gasteiger partial charge on any atom is -0.354 e. The summed E-state index contributed by atoms with van der Waals surface area (Å²) in [6.07, 6.45) is 1.67. The number of rotatable bonds is 2. The Bertz CT molecular complexity index is 1340. The van der Waals surface area contributed by atoms with Gasteiger partial charge in [-0.15, -0.1) is 10.2 Å². The van der Waals surface area contributed by atoms with Crippen molar-refractivity contribution in [3.63, 3.8) is 0 Å². The van der Waals surface area contributed by atoms with Crippen LogP contribution in [0.25, 0.3) is 33.7 Å². The number of nitrogens with one attached hydrogen (secondary N) is 1. The fraction of sp³-hybridized carbons (Fsp3) is 0.304. The molecule has 0 spiro atoms. The van der Waals surface area contributed by atoms with Crippen molar-refractivity contribution >= 4 is 22.5 Å². The average Bonchev–Trinajstić information content (AvgIpc) is 3.00. The first-order valence-electron chi connectivity index (χ1n) is 9.77. The van der Waals surface area contributed by atoms with E-state index < -0.39 is 0 Å². The fourth-order valence-electron chi connectivity index (χ4n) is 3.67. The van der Waals surface area contributed by atoms with Crippen LogP contribution in [0.1, 0.15) is 37.7 Å². The van der Waals surface area contributed by atoms with Gasteiger partial charge in [0, 0.05) is 29.9 Å². The second-order valence-corrected chi connectivity index (χ2v) is 9.06. The van der Waals surface area contributed by atoms with Crippen LogP contribution in [0.5, 0.6) is 0 Å². The molecule has 4 rings (SSSR count). The lowest BCUT2D eigenvalue weighted by Gasteiger charge is -2.22. The number of nitrogens with zero attached hydrogens (tertiary/aromatic N) is 4.